The van der Waals surface area contributed by atoms with E-state index in [1.807, 2.05) is 13.8 Å². The number of nitrogens with one attached hydrogen (secondary N) is 2. The van der Waals surface area contributed by atoms with Crippen LogP contribution in [0.3, 0.4) is 0 Å². The van der Waals surface area contributed by atoms with Gasteiger partial charge in [-0.3, -0.25) is 9.59 Å². The highest BCUT2D eigenvalue weighted by Crippen LogP contribution is 2.14. The second kappa shape index (κ2) is 8.11. The van der Waals surface area contributed by atoms with E-state index in [0.717, 1.165) is 0 Å². The van der Waals surface area contributed by atoms with Crippen molar-refractivity contribution in [2.45, 2.75) is 32.9 Å². The second-order valence-electron chi connectivity index (χ2n) is 6.16. The third-order valence-electron chi connectivity index (χ3n) is 3.61. The lowest BCUT2D eigenvalue weighted by Crippen LogP contribution is -2.48. The van der Waals surface area contributed by atoms with Gasteiger partial charge in [-0.15, -0.1) is 11.3 Å². The maximum Gasteiger partial charge on any atom is 0.407 e. The first-order valence-corrected chi connectivity index (χ1v) is 8.75. The summed E-state index contributed by atoms with van der Waals surface area (Å²) in [4.78, 5) is 44.7. The molecule has 2 aromatic rings. The number of amides is 2. The zero-order valence-electron chi connectivity index (χ0n) is 14.7. The van der Waals surface area contributed by atoms with E-state index in [0.29, 0.717) is 22.5 Å². The number of aromatic nitrogens is 2. The highest BCUT2D eigenvalue weighted by molar-refractivity contribution is 7.17. The van der Waals surface area contributed by atoms with Crippen LogP contribution in [0.15, 0.2) is 16.2 Å². The average molecular weight is 366 g/mol. The summed E-state index contributed by atoms with van der Waals surface area (Å²) < 4.78 is 5.14. The number of hydrogen-bond acceptors (Lipinski definition) is 6. The normalized spacial score (nSPS) is 12.2. The minimum atomic E-state index is -0.700. The van der Waals surface area contributed by atoms with Crippen LogP contribution in [-0.4, -0.2) is 47.1 Å². The van der Waals surface area contributed by atoms with Crippen LogP contribution in [0.5, 0.6) is 0 Å². The Kier molecular flexibility index (Phi) is 6.13. The molecule has 0 aromatic carbocycles. The second-order valence-corrected chi connectivity index (χ2v) is 7.08. The number of thiophene rings is 1. The molecule has 2 N–H and O–H groups in total. The molecule has 0 radical (unpaired) electrons. The van der Waals surface area contributed by atoms with Crippen molar-refractivity contribution < 1.29 is 14.3 Å². The molecule has 2 amide bonds. The molecule has 0 bridgehead atoms. The number of ether oxygens (including phenoxy) is 1. The zero-order valence-corrected chi connectivity index (χ0v) is 15.5. The van der Waals surface area contributed by atoms with Crippen LogP contribution in [0.25, 0.3) is 10.2 Å². The van der Waals surface area contributed by atoms with Crippen LogP contribution < -0.4 is 10.9 Å². The summed E-state index contributed by atoms with van der Waals surface area (Å²) in [7, 11) is 2.85. The van der Waals surface area contributed by atoms with Crippen molar-refractivity contribution in [3.8, 4) is 0 Å². The molecular weight excluding hydrogens is 344 g/mol. The number of nitrogens with zero attached hydrogens (tertiary/aromatic N) is 2. The Labute approximate surface area is 149 Å². The maximum atomic E-state index is 12.7. The van der Waals surface area contributed by atoms with Gasteiger partial charge in [-0.05, 0) is 23.8 Å². The molecule has 0 fully saturated rings. The first-order chi connectivity index (χ1) is 11.8. The quantitative estimate of drug-likeness (QED) is 0.810. The molecule has 0 spiro atoms. The van der Waals surface area contributed by atoms with Crippen molar-refractivity contribution in [1.29, 1.82) is 0 Å². The molecule has 0 aliphatic carbocycles. The van der Waals surface area contributed by atoms with E-state index in [1.165, 1.54) is 23.3 Å². The van der Waals surface area contributed by atoms with Gasteiger partial charge in [0.25, 0.3) is 5.56 Å². The SMILES string of the molecule is COC(=O)NC(CC(C)C)C(=O)N(C)Cc1nc2ccsc2c(=O)[nH]1. The molecule has 0 aliphatic heterocycles. The number of fused-ring (bicyclic) bond motifs is 1. The Balaban J connectivity index is 2.14. The van der Waals surface area contributed by atoms with Crippen LogP contribution in [0.2, 0.25) is 0 Å². The summed E-state index contributed by atoms with van der Waals surface area (Å²) in [6.07, 6.45) is -0.176. The third-order valence-corrected chi connectivity index (χ3v) is 4.51. The molecule has 136 valence electrons. The van der Waals surface area contributed by atoms with Crippen LogP contribution in [0.4, 0.5) is 4.79 Å². The minimum absolute atomic E-state index is 0.136. The summed E-state index contributed by atoms with van der Waals surface area (Å²) in [5.41, 5.74) is 0.387. The number of hydrogen-bond donors (Lipinski definition) is 2. The van der Waals surface area contributed by atoms with Crippen molar-refractivity contribution in [1.82, 2.24) is 20.2 Å². The molecule has 0 aliphatic rings. The van der Waals surface area contributed by atoms with E-state index in [4.69, 9.17) is 0 Å². The van der Waals surface area contributed by atoms with E-state index in [1.54, 1.807) is 18.5 Å². The van der Waals surface area contributed by atoms with Crippen molar-refractivity contribution in [3.63, 3.8) is 0 Å². The lowest BCUT2D eigenvalue weighted by atomic mass is 10.0. The summed E-state index contributed by atoms with van der Waals surface area (Å²) in [5, 5.41) is 4.35. The Hall–Kier alpha value is -2.42. The summed E-state index contributed by atoms with van der Waals surface area (Å²) in [5.74, 6) is 0.333. The number of methoxy groups -OCH3 is 1. The minimum Gasteiger partial charge on any atom is -0.453 e. The number of likely N-dealkylation sites (N-methyl/N-ethyl adjacent to an activating group) is 1. The zero-order chi connectivity index (χ0) is 18.6. The summed E-state index contributed by atoms with van der Waals surface area (Å²) in [6, 6.07) is 1.06. The van der Waals surface area contributed by atoms with Crippen molar-refractivity contribution in [2.24, 2.45) is 5.92 Å². The van der Waals surface area contributed by atoms with E-state index in [9.17, 15) is 14.4 Å². The first kappa shape index (κ1) is 18.9. The molecule has 1 atom stereocenters. The molecule has 0 saturated carbocycles. The van der Waals surface area contributed by atoms with Gasteiger partial charge in [0, 0.05) is 7.05 Å². The van der Waals surface area contributed by atoms with Gasteiger partial charge in [-0.2, -0.15) is 0 Å². The summed E-state index contributed by atoms with van der Waals surface area (Å²) in [6.45, 7) is 4.06. The van der Waals surface area contributed by atoms with E-state index < -0.39 is 12.1 Å². The van der Waals surface area contributed by atoms with Crippen molar-refractivity contribution in [2.75, 3.05) is 14.2 Å². The van der Waals surface area contributed by atoms with Crippen LogP contribution in [-0.2, 0) is 16.1 Å². The summed E-state index contributed by atoms with van der Waals surface area (Å²) >= 11 is 1.32. The third kappa shape index (κ3) is 4.79. The molecule has 1 unspecified atom stereocenters. The topological polar surface area (TPSA) is 104 Å². The molecule has 2 aromatic heterocycles. The van der Waals surface area contributed by atoms with E-state index in [2.05, 4.69) is 20.0 Å². The highest BCUT2D eigenvalue weighted by Gasteiger charge is 2.25. The predicted octanol–water partition coefficient (Wildman–Crippen LogP) is 1.71. The lowest BCUT2D eigenvalue weighted by Gasteiger charge is -2.25. The largest absolute Gasteiger partial charge is 0.453 e. The van der Waals surface area contributed by atoms with Crippen molar-refractivity contribution in [3.05, 3.63) is 27.6 Å². The number of carbonyl (C=O) groups is 2. The van der Waals surface area contributed by atoms with E-state index >= 15 is 0 Å². The van der Waals surface area contributed by atoms with Gasteiger partial charge in [0.05, 0.1) is 19.2 Å². The standard InChI is InChI=1S/C16H22N4O4S/c1-9(2)7-11(18-16(23)24-4)15(22)20(3)8-12-17-10-5-6-25-13(10)14(21)19-12/h5-6,9,11H,7-8H2,1-4H3,(H,18,23)(H,17,19,21). The number of alkyl carbamates (subject to hydrolysis) is 1. The molecule has 8 nitrogen and oxygen atoms in total. The van der Waals surface area contributed by atoms with Gasteiger partial charge in [-0.1, -0.05) is 13.8 Å². The fourth-order valence-electron chi connectivity index (χ4n) is 2.46. The molecule has 0 saturated heterocycles. The molecule has 2 rings (SSSR count). The lowest BCUT2D eigenvalue weighted by molar-refractivity contribution is -0.133. The molecule has 25 heavy (non-hydrogen) atoms. The van der Waals surface area contributed by atoms with Crippen LogP contribution >= 0.6 is 11.3 Å². The average Bonchev–Trinajstić information content (AvgIpc) is 3.01. The number of aromatic amines is 1. The molecule has 9 heteroatoms. The van der Waals surface area contributed by atoms with Gasteiger partial charge in [-0.25, -0.2) is 9.78 Å². The van der Waals surface area contributed by atoms with Gasteiger partial charge in [0.1, 0.15) is 16.6 Å². The number of carbonyl (C=O) groups excluding carboxylic acids is 2. The Bertz CT molecular complexity index is 814. The van der Waals surface area contributed by atoms with Gasteiger partial charge >= 0.3 is 6.09 Å². The fourth-order valence-corrected chi connectivity index (χ4v) is 3.18. The Morgan fingerprint density at radius 3 is 2.80 bits per heavy atom. The van der Waals surface area contributed by atoms with Gasteiger partial charge in [0.2, 0.25) is 5.91 Å². The van der Waals surface area contributed by atoms with Crippen LogP contribution in [0.1, 0.15) is 26.1 Å². The molecular formula is C16H22N4O4S. The molecule has 2 heterocycles. The smallest absolute Gasteiger partial charge is 0.407 e. The maximum absolute atomic E-state index is 12.7. The van der Waals surface area contributed by atoms with Gasteiger partial charge in [0.15, 0.2) is 0 Å². The van der Waals surface area contributed by atoms with Crippen molar-refractivity contribution >= 4 is 33.6 Å². The monoisotopic (exact) mass is 366 g/mol. The van der Waals surface area contributed by atoms with Gasteiger partial charge < -0.3 is 19.9 Å². The number of H-pyrrole nitrogens is 1. The van der Waals surface area contributed by atoms with E-state index in [-0.39, 0.29) is 23.9 Å². The number of rotatable bonds is 6. The first-order valence-electron chi connectivity index (χ1n) is 7.87. The predicted molar refractivity (Wildman–Crippen MR) is 95.5 cm³/mol. The fraction of sp³-hybridized carbons (Fsp3) is 0.500. The highest BCUT2D eigenvalue weighted by atomic mass is 32.1. The Morgan fingerprint density at radius 2 is 2.16 bits per heavy atom. The van der Waals surface area contributed by atoms with Crippen LogP contribution in [0, 0.1) is 5.92 Å². The Morgan fingerprint density at radius 1 is 1.44 bits per heavy atom.